The molecule has 0 saturated carbocycles. The lowest BCUT2D eigenvalue weighted by atomic mass is 9.86. The summed E-state index contributed by atoms with van der Waals surface area (Å²) in [4.78, 5) is 2.48. The van der Waals surface area contributed by atoms with Crippen molar-refractivity contribution >= 4 is 11.1 Å². The van der Waals surface area contributed by atoms with E-state index in [1.807, 2.05) is 56.3 Å². The van der Waals surface area contributed by atoms with Gasteiger partial charge in [-0.15, -0.1) is 0 Å². The van der Waals surface area contributed by atoms with E-state index in [0.29, 0.717) is 6.61 Å². The molecule has 0 amide bonds. The topological polar surface area (TPSA) is 41.9 Å². The molecule has 0 radical (unpaired) electrons. The molecule has 2 atom stereocenters. The summed E-state index contributed by atoms with van der Waals surface area (Å²) in [5.74, 6) is 2.83. The van der Waals surface area contributed by atoms with E-state index in [-0.39, 0.29) is 11.9 Å². The van der Waals surface area contributed by atoms with Gasteiger partial charge in [0.25, 0.3) is 0 Å². The van der Waals surface area contributed by atoms with Crippen molar-refractivity contribution in [2.45, 2.75) is 40.2 Å². The second-order valence-electron chi connectivity index (χ2n) is 9.19. The van der Waals surface area contributed by atoms with Crippen LogP contribution in [0.25, 0.3) is 11.1 Å². The second kappa shape index (κ2) is 11.5. The fraction of sp³-hybridized carbons (Fsp3) is 0.355. The van der Waals surface area contributed by atoms with Crippen molar-refractivity contribution in [2.75, 3.05) is 26.2 Å². The monoisotopic (exact) mass is 471 g/mol. The number of hydrogen-bond donors (Lipinski definition) is 1. The number of nitrogens with zero attached hydrogens (tertiary/aromatic N) is 1. The first-order valence-electron chi connectivity index (χ1n) is 12.8. The van der Waals surface area contributed by atoms with Gasteiger partial charge < -0.3 is 14.6 Å². The molecule has 184 valence electrons. The first-order chi connectivity index (χ1) is 17.1. The first kappa shape index (κ1) is 24.9. The molecule has 4 heteroatoms. The van der Waals surface area contributed by atoms with Gasteiger partial charge in [-0.25, -0.2) is 0 Å². The van der Waals surface area contributed by atoms with Gasteiger partial charge in [0.2, 0.25) is 0 Å². The highest BCUT2D eigenvalue weighted by molar-refractivity contribution is 5.95. The summed E-state index contributed by atoms with van der Waals surface area (Å²) in [6, 6.07) is 23.8. The Balaban J connectivity index is 0.00000141. The number of ether oxygens (including phenoxy) is 2. The average molecular weight is 472 g/mol. The van der Waals surface area contributed by atoms with Gasteiger partial charge in [0, 0.05) is 24.2 Å². The molecule has 1 saturated heterocycles. The minimum Gasteiger partial charge on any atom is -0.508 e. The van der Waals surface area contributed by atoms with Crippen LogP contribution >= 0.6 is 0 Å². The highest BCUT2D eigenvalue weighted by Crippen LogP contribution is 2.46. The van der Waals surface area contributed by atoms with Gasteiger partial charge in [0.1, 0.15) is 30.0 Å². The molecule has 3 aromatic rings. The predicted molar refractivity (Wildman–Crippen MR) is 144 cm³/mol. The van der Waals surface area contributed by atoms with Crippen molar-refractivity contribution in [1.29, 1.82) is 0 Å². The van der Waals surface area contributed by atoms with Crippen LogP contribution in [-0.4, -0.2) is 36.2 Å². The van der Waals surface area contributed by atoms with E-state index in [2.05, 4.69) is 36.9 Å². The van der Waals surface area contributed by atoms with E-state index < -0.39 is 0 Å². The van der Waals surface area contributed by atoms with E-state index in [1.165, 1.54) is 25.1 Å². The number of aromatic hydroxyl groups is 1. The Morgan fingerprint density at radius 1 is 0.971 bits per heavy atom. The molecule has 5 rings (SSSR count). The van der Waals surface area contributed by atoms with Gasteiger partial charge in [-0.3, -0.25) is 4.90 Å². The number of rotatable bonds is 6. The van der Waals surface area contributed by atoms with Gasteiger partial charge in [-0.2, -0.15) is 0 Å². The molecular formula is C31H37NO3. The van der Waals surface area contributed by atoms with E-state index in [0.717, 1.165) is 46.2 Å². The zero-order valence-electron chi connectivity index (χ0n) is 21.3. The van der Waals surface area contributed by atoms with Crippen LogP contribution in [0.2, 0.25) is 0 Å². The number of hydrogen-bond acceptors (Lipinski definition) is 4. The lowest BCUT2D eigenvalue weighted by Crippen LogP contribution is -2.25. The van der Waals surface area contributed by atoms with Crippen molar-refractivity contribution < 1.29 is 14.6 Å². The molecule has 35 heavy (non-hydrogen) atoms. The lowest BCUT2D eigenvalue weighted by molar-refractivity contribution is 0.233. The van der Waals surface area contributed by atoms with Crippen molar-refractivity contribution in [3.8, 4) is 17.2 Å². The average Bonchev–Trinajstić information content (AvgIpc) is 3.31. The van der Waals surface area contributed by atoms with Crippen molar-refractivity contribution in [1.82, 2.24) is 4.90 Å². The molecule has 0 bridgehead atoms. The SMILES string of the molecule is CC.CC1=C(c2ccc(O)cc2)C(c2ccc(OCCN3CCC(C)C3)cc2)Oc2ccccc21. The molecule has 1 fully saturated rings. The van der Waals surface area contributed by atoms with Crippen LogP contribution in [-0.2, 0) is 0 Å². The number of likely N-dealkylation sites (tertiary alicyclic amines) is 1. The molecule has 2 aliphatic rings. The van der Waals surface area contributed by atoms with E-state index in [4.69, 9.17) is 9.47 Å². The van der Waals surface area contributed by atoms with E-state index in [9.17, 15) is 5.11 Å². The Labute approximate surface area is 209 Å². The number of para-hydroxylation sites is 1. The smallest absolute Gasteiger partial charge is 0.150 e. The molecule has 0 aliphatic carbocycles. The minimum atomic E-state index is -0.232. The van der Waals surface area contributed by atoms with Gasteiger partial charge in [0.15, 0.2) is 0 Å². The highest BCUT2D eigenvalue weighted by Gasteiger charge is 2.29. The van der Waals surface area contributed by atoms with Crippen molar-refractivity contribution in [2.24, 2.45) is 5.92 Å². The third-order valence-electron chi connectivity index (χ3n) is 6.75. The maximum atomic E-state index is 9.78. The van der Waals surface area contributed by atoms with E-state index in [1.54, 1.807) is 12.1 Å². The van der Waals surface area contributed by atoms with Gasteiger partial charge >= 0.3 is 0 Å². The number of allylic oxidation sites excluding steroid dienone is 1. The van der Waals surface area contributed by atoms with E-state index >= 15 is 0 Å². The Hall–Kier alpha value is -3.24. The Morgan fingerprint density at radius 3 is 2.37 bits per heavy atom. The summed E-state index contributed by atoms with van der Waals surface area (Å²) < 4.78 is 12.5. The van der Waals surface area contributed by atoms with Crippen LogP contribution in [0.5, 0.6) is 17.2 Å². The van der Waals surface area contributed by atoms with Crippen molar-refractivity contribution in [3.05, 3.63) is 89.5 Å². The zero-order valence-corrected chi connectivity index (χ0v) is 21.3. The van der Waals surface area contributed by atoms with Crippen LogP contribution in [0, 0.1) is 5.92 Å². The lowest BCUT2D eigenvalue weighted by Gasteiger charge is -2.31. The summed E-state index contributed by atoms with van der Waals surface area (Å²) in [5, 5.41) is 9.78. The molecule has 4 nitrogen and oxygen atoms in total. The summed E-state index contributed by atoms with van der Waals surface area (Å²) in [6.07, 6.45) is 1.06. The number of phenolic OH excluding ortho intramolecular Hbond substituents is 1. The molecular weight excluding hydrogens is 434 g/mol. The van der Waals surface area contributed by atoms with Crippen LogP contribution in [0.3, 0.4) is 0 Å². The predicted octanol–water partition coefficient (Wildman–Crippen LogP) is 7.20. The van der Waals surface area contributed by atoms with Gasteiger partial charge in [-0.1, -0.05) is 63.2 Å². The van der Waals surface area contributed by atoms with Crippen LogP contribution in [0.4, 0.5) is 0 Å². The molecule has 2 aliphatic heterocycles. The fourth-order valence-electron chi connectivity index (χ4n) is 4.91. The summed E-state index contributed by atoms with van der Waals surface area (Å²) >= 11 is 0. The number of phenols is 1. The molecule has 0 aromatic heterocycles. The van der Waals surface area contributed by atoms with Gasteiger partial charge in [0.05, 0.1) is 0 Å². The second-order valence-corrected chi connectivity index (χ2v) is 9.19. The third kappa shape index (κ3) is 5.71. The Kier molecular flexibility index (Phi) is 8.14. The number of benzene rings is 3. The maximum Gasteiger partial charge on any atom is 0.150 e. The molecule has 2 unspecified atom stereocenters. The largest absolute Gasteiger partial charge is 0.508 e. The van der Waals surface area contributed by atoms with Crippen LogP contribution in [0.1, 0.15) is 56.9 Å². The standard InChI is InChI=1S/C29H31NO3.C2H6/c1-20-15-16-30(19-20)17-18-32-25-13-9-23(10-14-25)29-28(22-7-11-24(31)12-8-22)21(2)26-5-3-4-6-27(26)33-29;1-2/h3-14,20,29,31H,15-19H2,1-2H3;1-2H3. The fourth-order valence-corrected chi connectivity index (χ4v) is 4.91. The first-order valence-corrected chi connectivity index (χ1v) is 12.8. The third-order valence-corrected chi connectivity index (χ3v) is 6.75. The quantitative estimate of drug-likeness (QED) is 0.413. The summed E-state index contributed by atoms with van der Waals surface area (Å²) in [5.41, 5.74) is 5.53. The molecule has 2 heterocycles. The maximum absolute atomic E-state index is 9.78. The highest BCUT2D eigenvalue weighted by atomic mass is 16.5. The molecule has 3 aromatic carbocycles. The minimum absolute atomic E-state index is 0.232. The normalized spacial score (nSPS) is 19.4. The summed E-state index contributed by atoms with van der Waals surface area (Å²) in [6.45, 7) is 12.5. The Bertz CT molecular complexity index is 1130. The molecule has 1 N–H and O–H groups in total. The zero-order chi connectivity index (χ0) is 24.8. The summed E-state index contributed by atoms with van der Waals surface area (Å²) in [7, 11) is 0. The molecule has 0 spiro atoms. The Morgan fingerprint density at radius 2 is 1.69 bits per heavy atom. The van der Waals surface area contributed by atoms with Crippen molar-refractivity contribution in [3.63, 3.8) is 0 Å². The van der Waals surface area contributed by atoms with Crippen LogP contribution in [0.15, 0.2) is 72.8 Å². The van der Waals surface area contributed by atoms with Crippen LogP contribution < -0.4 is 9.47 Å². The van der Waals surface area contributed by atoms with Gasteiger partial charge in [-0.05, 0) is 72.8 Å². The number of fused-ring (bicyclic) bond motifs is 1.